The largest absolute Gasteiger partial charge is 0.495 e. The van der Waals surface area contributed by atoms with Gasteiger partial charge in [0.05, 0.1) is 6.04 Å². The van der Waals surface area contributed by atoms with Crippen LogP contribution in [-0.2, 0) is 9.59 Å². The van der Waals surface area contributed by atoms with E-state index in [4.69, 9.17) is 5.11 Å². The first-order valence-electron chi connectivity index (χ1n) is 6.33. The van der Waals surface area contributed by atoms with Crippen LogP contribution in [0.1, 0.15) is 33.6 Å². The van der Waals surface area contributed by atoms with E-state index in [1.807, 2.05) is 6.92 Å². The summed E-state index contributed by atoms with van der Waals surface area (Å²) in [5, 5.41) is 11.6. The topological polar surface area (TPSA) is 69.6 Å². The van der Waals surface area contributed by atoms with Gasteiger partial charge in [0.1, 0.15) is 6.04 Å². The van der Waals surface area contributed by atoms with Crippen molar-refractivity contribution >= 4 is 11.7 Å². The highest BCUT2D eigenvalue weighted by Crippen LogP contribution is 2.28. The molecular weight excluding hydrogens is 232 g/mol. The summed E-state index contributed by atoms with van der Waals surface area (Å²) in [7, 11) is 0. The lowest BCUT2D eigenvalue weighted by Crippen LogP contribution is -2.49. The minimum Gasteiger partial charge on any atom is -0.495 e. The van der Waals surface area contributed by atoms with Crippen molar-refractivity contribution in [2.75, 3.05) is 6.54 Å². The van der Waals surface area contributed by atoms with Gasteiger partial charge >= 0.3 is 0 Å². The average Bonchev–Trinajstić information content (AvgIpc) is 2.70. The lowest BCUT2D eigenvalue weighted by Gasteiger charge is -2.28. The summed E-state index contributed by atoms with van der Waals surface area (Å²) in [6.07, 6.45) is 1.75. The SMILES string of the molecule is C=C(O)N[C@@H](C)C(=O)N1CC[C@@H](CC)[C@H]1C(C)=O. The molecule has 18 heavy (non-hydrogen) atoms. The van der Waals surface area contributed by atoms with Gasteiger partial charge in [0.2, 0.25) is 5.91 Å². The van der Waals surface area contributed by atoms with Crippen LogP contribution in [0, 0.1) is 5.92 Å². The molecule has 0 radical (unpaired) electrons. The quantitative estimate of drug-likeness (QED) is 0.724. The Morgan fingerprint density at radius 3 is 2.61 bits per heavy atom. The third-order valence-electron chi connectivity index (χ3n) is 3.50. The number of carbonyl (C=O) groups excluding carboxylic acids is 2. The predicted molar refractivity (Wildman–Crippen MR) is 68.9 cm³/mol. The zero-order valence-corrected chi connectivity index (χ0v) is 11.3. The second-order valence-electron chi connectivity index (χ2n) is 4.86. The number of Topliss-reactive ketones (excluding diaryl/α,β-unsaturated/α-hetero) is 1. The molecule has 0 aromatic carbocycles. The van der Waals surface area contributed by atoms with Crippen molar-refractivity contribution in [1.29, 1.82) is 0 Å². The number of aliphatic hydroxyl groups excluding tert-OH is 1. The standard InChI is InChI=1S/C13H22N2O3/c1-5-11-6-7-15(12(11)9(3)16)13(18)8(2)14-10(4)17/h8,11-12,14,17H,4-7H2,1-3H3/t8-,11+,12+/m0/s1. The van der Waals surface area contributed by atoms with Crippen molar-refractivity contribution in [3.8, 4) is 0 Å². The van der Waals surface area contributed by atoms with Crippen molar-refractivity contribution in [3.05, 3.63) is 12.5 Å². The normalized spacial score (nSPS) is 24.7. The van der Waals surface area contributed by atoms with Crippen molar-refractivity contribution in [2.45, 2.75) is 45.7 Å². The second-order valence-corrected chi connectivity index (χ2v) is 4.86. The molecule has 0 saturated carbocycles. The predicted octanol–water partition coefficient (Wildman–Crippen LogP) is 1.21. The van der Waals surface area contributed by atoms with E-state index in [9.17, 15) is 9.59 Å². The molecule has 1 amide bonds. The van der Waals surface area contributed by atoms with Gasteiger partial charge in [-0.15, -0.1) is 0 Å². The maximum absolute atomic E-state index is 12.2. The van der Waals surface area contributed by atoms with E-state index >= 15 is 0 Å². The molecule has 0 bridgehead atoms. The van der Waals surface area contributed by atoms with Gasteiger partial charge in [0, 0.05) is 6.54 Å². The Bertz CT molecular complexity index is 354. The number of nitrogens with one attached hydrogen (secondary N) is 1. The van der Waals surface area contributed by atoms with E-state index in [0.717, 1.165) is 12.8 Å². The summed E-state index contributed by atoms with van der Waals surface area (Å²) in [6, 6.07) is -0.890. The number of nitrogens with zero attached hydrogens (tertiary/aromatic N) is 1. The van der Waals surface area contributed by atoms with Crippen molar-refractivity contribution in [1.82, 2.24) is 10.2 Å². The molecule has 1 rings (SSSR count). The van der Waals surface area contributed by atoms with Crippen LogP contribution < -0.4 is 5.32 Å². The summed E-state index contributed by atoms with van der Waals surface area (Å²) < 4.78 is 0. The number of amides is 1. The van der Waals surface area contributed by atoms with E-state index in [2.05, 4.69) is 11.9 Å². The first-order chi connectivity index (χ1) is 8.38. The number of likely N-dealkylation sites (tertiary alicyclic amines) is 1. The van der Waals surface area contributed by atoms with Gasteiger partial charge in [-0.05, 0) is 32.8 Å². The van der Waals surface area contributed by atoms with E-state index < -0.39 is 6.04 Å². The molecule has 2 N–H and O–H groups in total. The Labute approximate surface area is 108 Å². The molecule has 1 saturated heterocycles. The van der Waals surface area contributed by atoms with Crippen LogP contribution in [0.25, 0.3) is 0 Å². The number of ketones is 1. The Morgan fingerprint density at radius 2 is 2.17 bits per heavy atom. The highest BCUT2D eigenvalue weighted by Gasteiger charge is 2.40. The Hall–Kier alpha value is -1.52. The molecule has 102 valence electrons. The van der Waals surface area contributed by atoms with Gasteiger partial charge in [0.15, 0.2) is 11.7 Å². The maximum atomic E-state index is 12.2. The first-order valence-corrected chi connectivity index (χ1v) is 6.33. The van der Waals surface area contributed by atoms with Gasteiger partial charge in [-0.2, -0.15) is 0 Å². The van der Waals surface area contributed by atoms with E-state index in [1.165, 1.54) is 6.92 Å². The Morgan fingerprint density at radius 1 is 1.56 bits per heavy atom. The minimum absolute atomic E-state index is 0.0303. The Kier molecular flexibility index (Phi) is 4.76. The van der Waals surface area contributed by atoms with Crippen LogP contribution in [0.2, 0.25) is 0 Å². The number of carbonyl (C=O) groups is 2. The van der Waals surface area contributed by atoms with E-state index in [0.29, 0.717) is 6.54 Å². The zero-order chi connectivity index (χ0) is 13.9. The maximum Gasteiger partial charge on any atom is 0.245 e. The van der Waals surface area contributed by atoms with Crippen LogP contribution in [0.5, 0.6) is 0 Å². The molecule has 3 atom stereocenters. The van der Waals surface area contributed by atoms with Crippen LogP contribution >= 0.6 is 0 Å². The van der Waals surface area contributed by atoms with Gasteiger partial charge in [-0.1, -0.05) is 13.3 Å². The average molecular weight is 254 g/mol. The van der Waals surface area contributed by atoms with Crippen molar-refractivity contribution in [3.63, 3.8) is 0 Å². The summed E-state index contributed by atoms with van der Waals surface area (Å²) in [6.45, 7) is 9.12. The van der Waals surface area contributed by atoms with Crippen LogP contribution in [-0.4, -0.2) is 40.3 Å². The lowest BCUT2D eigenvalue weighted by molar-refractivity contribution is -0.139. The molecule has 5 heteroatoms. The third-order valence-corrected chi connectivity index (χ3v) is 3.50. The van der Waals surface area contributed by atoms with Crippen molar-refractivity contribution in [2.24, 2.45) is 5.92 Å². The highest BCUT2D eigenvalue weighted by molar-refractivity contribution is 5.90. The fraction of sp³-hybridized carbons (Fsp3) is 0.692. The van der Waals surface area contributed by atoms with E-state index in [1.54, 1.807) is 11.8 Å². The fourth-order valence-corrected chi connectivity index (χ4v) is 2.64. The number of hydrogen-bond acceptors (Lipinski definition) is 4. The van der Waals surface area contributed by atoms with Crippen molar-refractivity contribution < 1.29 is 14.7 Å². The minimum atomic E-state index is -0.569. The molecule has 1 heterocycles. The zero-order valence-electron chi connectivity index (χ0n) is 11.3. The van der Waals surface area contributed by atoms with Gasteiger partial charge in [-0.3, -0.25) is 9.59 Å². The number of hydrogen-bond donors (Lipinski definition) is 2. The molecule has 1 aliphatic heterocycles. The lowest BCUT2D eigenvalue weighted by atomic mass is 9.95. The monoisotopic (exact) mass is 254 g/mol. The van der Waals surface area contributed by atoms with Gasteiger partial charge < -0.3 is 15.3 Å². The summed E-state index contributed by atoms with van der Waals surface area (Å²) in [5.74, 6) is -0.124. The Balaban J connectivity index is 2.78. The smallest absolute Gasteiger partial charge is 0.245 e. The number of aliphatic hydroxyl groups is 1. The highest BCUT2D eigenvalue weighted by atomic mass is 16.3. The second kappa shape index (κ2) is 5.89. The molecule has 5 nitrogen and oxygen atoms in total. The van der Waals surface area contributed by atoms with Crippen LogP contribution in [0.15, 0.2) is 12.5 Å². The molecule has 1 fully saturated rings. The molecule has 0 unspecified atom stereocenters. The third kappa shape index (κ3) is 3.03. The summed E-state index contributed by atoms with van der Waals surface area (Å²) >= 11 is 0. The molecule has 0 spiro atoms. The first kappa shape index (κ1) is 14.5. The molecule has 1 aliphatic rings. The fourth-order valence-electron chi connectivity index (χ4n) is 2.64. The summed E-state index contributed by atoms with van der Waals surface area (Å²) in [4.78, 5) is 25.5. The van der Waals surface area contributed by atoms with E-state index in [-0.39, 0.29) is 29.5 Å². The van der Waals surface area contributed by atoms with Crippen LogP contribution in [0.4, 0.5) is 0 Å². The van der Waals surface area contributed by atoms with Gasteiger partial charge in [-0.25, -0.2) is 0 Å². The molecular formula is C13H22N2O3. The molecule has 0 aliphatic carbocycles. The number of rotatable bonds is 5. The summed E-state index contributed by atoms with van der Waals surface area (Å²) in [5.41, 5.74) is 0. The van der Waals surface area contributed by atoms with Crippen LogP contribution in [0.3, 0.4) is 0 Å². The van der Waals surface area contributed by atoms with Gasteiger partial charge in [0.25, 0.3) is 0 Å². The molecule has 0 aromatic rings. The molecule has 0 aromatic heterocycles.